The van der Waals surface area contributed by atoms with Crippen LogP contribution in [0.15, 0.2) is 12.3 Å². The van der Waals surface area contributed by atoms with E-state index in [0.29, 0.717) is 0 Å². The van der Waals surface area contributed by atoms with Crippen molar-refractivity contribution in [2.24, 2.45) is 5.92 Å². The summed E-state index contributed by atoms with van der Waals surface area (Å²) in [6, 6.07) is 2.80. The molecule has 1 N–H and O–H groups in total. The predicted octanol–water partition coefficient (Wildman–Crippen LogP) is 2.36. The zero-order valence-corrected chi connectivity index (χ0v) is 10.4. The molecule has 1 fully saturated rings. The average Bonchev–Trinajstić information content (AvgIpc) is 2.68. The Morgan fingerprint density at radius 2 is 2.12 bits per heavy atom. The number of hydrogen-bond donors (Lipinski definition) is 1. The van der Waals surface area contributed by atoms with Crippen LogP contribution in [0.1, 0.15) is 38.3 Å². The molecular weight excluding hydrogens is 198 g/mol. The highest BCUT2D eigenvalue weighted by Crippen LogP contribution is 2.23. The van der Waals surface area contributed by atoms with E-state index >= 15 is 0 Å². The van der Waals surface area contributed by atoms with Gasteiger partial charge in [0.15, 0.2) is 0 Å². The molecule has 90 valence electrons. The average molecular weight is 221 g/mol. The third-order valence-electron chi connectivity index (χ3n) is 3.70. The van der Waals surface area contributed by atoms with Crippen LogP contribution in [0.25, 0.3) is 0 Å². The minimum Gasteiger partial charge on any atom is -0.312 e. The molecule has 3 nitrogen and oxygen atoms in total. The minimum absolute atomic E-state index is 0.743. The molecule has 0 spiro atoms. The number of rotatable bonds is 4. The van der Waals surface area contributed by atoms with Gasteiger partial charge in [-0.3, -0.25) is 4.68 Å². The van der Waals surface area contributed by atoms with E-state index in [2.05, 4.69) is 35.0 Å². The van der Waals surface area contributed by atoms with E-state index in [0.717, 1.165) is 25.0 Å². The summed E-state index contributed by atoms with van der Waals surface area (Å²) in [7, 11) is 0. The molecule has 0 atom stereocenters. The summed E-state index contributed by atoms with van der Waals surface area (Å²) in [5, 5.41) is 7.93. The van der Waals surface area contributed by atoms with Gasteiger partial charge in [0.2, 0.25) is 0 Å². The number of nitrogens with one attached hydrogen (secondary N) is 1. The van der Waals surface area contributed by atoms with Crippen LogP contribution in [-0.4, -0.2) is 22.4 Å². The lowest BCUT2D eigenvalue weighted by atomic mass is 9.87. The molecule has 1 aliphatic carbocycles. The highest BCUT2D eigenvalue weighted by atomic mass is 15.3. The van der Waals surface area contributed by atoms with Crippen molar-refractivity contribution in [1.82, 2.24) is 15.1 Å². The van der Waals surface area contributed by atoms with E-state index < -0.39 is 0 Å². The van der Waals surface area contributed by atoms with Gasteiger partial charge in [-0.25, -0.2) is 0 Å². The molecule has 2 rings (SSSR count). The Hall–Kier alpha value is -0.830. The van der Waals surface area contributed by atoms with E-state index in [-0.39, 0.29) is 0 Å². The molecule has 3 heteroatoms. The zero-order valence-electron chi connectivity index (χ0n) is 10.4. The summed E-state index contributed by atoms with van der Waals surface area (Å²) >= 11 is 0. The molecule has 0 aromatic carbocycles. The molecule has 1 aliphatic rings. The largest absolute Gasteiger partial charge is 0.312 e. The van der Waals surface area contributed by atoms with Crippen molar-refractivity contribution in [2.45, 2.75) is 52.1 Å². The van der Waals surface area contributed by atoms with Crippen molar-refractivity contribution in [3.05, 3.63) is 18.0 Å². The Bertz CT molecular complexity index is 311. The summed E-state index contributed by atoms with van der Waals surface area (Å²) in [6.45, 7) is 6.51. The maximum atomic E-state index is 4.29. The maximum absolute atomic E-state index is 4.29. The zero-order chi connectivity index (χ0) is 11.4. The van der Waals surface area contributed by atoms with Gasteiger partial charge >= 0.3 is 0 Å². The molecular formula is C13H23N3. The van der Waals surface area contributed by atoms with E-state index in [4.69, 9.17) is 0 Å². The third kappa shape index (κ3) is 3.08. The first-order valence-corrected chi connectivity index (χ1v) is 6.47. The molecule has 0 amide bonds. The van der Waals surface area contributed by atoms with Crippen LogP contribution in [0.4, 0.5) is 0 Å². The molecule has 1 saturated carbocycles. The fourth-order valence-electron chi connectivity index (χ4n) is 2.47. The van der Waals surface area contributed by atoms with Crippen LogP contribution in [0, 0.1) is 12.8 Å². The van der Waals surface area contributed by atoms with Crippen LogP contribution >= 0.6 is 0 Å². The second-order valence-corrected chi connectivity index (χ2v) is 5.11. The van der Waals surface area contributed by atoms with Gasteiger partial charge in [0.25, 0.3) is 0 Å². The first kappa shape index (κ1) is 11.6. The Kier molecular flexibility index (Phi) is 3.99. The standard InChI is InChI=1S/C13H23N3/c1-11-3-5-13(6-4-11)14-9-10-16-12(2)7-8-15-16/h7-8,11,13-14H,3-6,9-10H2,1-2H3. The molecule has 0 radical (unpaired) electrons. The summed E-state index contributed by atoms with van der Waals surface area (Å²) in [5.74, 6) is 0.936. The fourth-order valence-corrected chi connectivity index (χ4v) is 2.47. The van der Waals surface area contributed by atoms with Crippen molar-refractivity contribution in [1.29, 1.82) is 0 Å². The SMILES string of the molecule is Cc1ccnn1CCNC1CCC(C)CC1. The van der Waals surface area contributed by atoms with Crippen LogP contribution in [0.2, 0.25) is 0 Å². The number of aryl methyl sites for hydroxylation is 1. The predicted molar refractivity (Wildman–Crippen MR) is 66.4 cm³/mol. The molecule has 0 unspecified atom stereocenters. The first-order chi connectivity index (χ1) is 7.75. The number of nitrogens with zero attached hydrogens (tertiary/aromatic N) is 2. The smallest absolute Gasteiger partial charge is 0.0537 e. The lowest BCUT2D eigenvalue weighted by Gasteiger charge is -2.27. The van der Waals surface area contributed by atoms with E-state index in [1.54, 1.807) is 0 Å². The highest BCUT2D eigenvalue weighted by Gasteiger charge is 2.17. The Balaban J connectivity index is 1.67. The summed E-state index contributed by atoms with van der Waals surface area (Å²) < 4.78 is 2.07. The lowest BCUT2D eigenvalue weighted by molar-refractivity contribution is 0.303. The molecule has 1 heterocycles. The molecule has 1 aromatic rings. The monoisotopic (exact) mass is 221 g/mol. The van der Waals surface area contributed by atoms with Crippen molar-refractivity contribution in [3.8, 4) is 0 Å². The Morgan fingerprint density at radius 3 is 2.75 bits per heavy atom. The topological polar surface area (TPSA) is 29.9 Å². The molecule has 16 heavy (non-hydrogen) atoms. The molecule has 0 bridgehead atoms. The summed E-state index contributed by atoms with van der Waals surface area (Å²) in [5.41, 5.74) is 1.25. The van der Waals surface area contributed by atoms with Gasteiger partial charge < -0.3 is 5.32 Å². The lowest BCUT2D eigenvalue weighted by Crippen LogP contribution is -2.35. The van der Waals surface area contributed by atoms with Crippen molar-refractivity contribution < 1.29 is 0 Å². The number of hydrogen-bond acceptors (Lipinski definition) is 2. The third-order valence-corrected chi connectivity index (χ3v) is 3.70. The van der Waals surface area contributed by atoms with Crippen LogP contribution in [0.3, 0.4) is 0 Å². The number of aromatic nitrogens is 2. The fraction of sp³-hybridized carbons (Fsp3) is 0.769. The molecule has 0 aliphatic heterocycles. The van der Waals surface area contributed by atoms with Crippen molar-refractivity contribution in [2.75, 3.05) is 6.54 Å². The van der Waals surface area contributed by atoms with Gasteiger partial charge in [0, 0.05) is 24.5 Å². The second kappa shape index (κ2) is 5.48. The quantitative estimate of drug-likeness (QED) is 0.846. The van der Waals surface area contributed by atoms with Gasteiger partial charge in [0.05, 0.1) is 6.54 Å². The highest BCUT2D eigenvalue weighted by molar-refractivity contribution is 4.96. The summed E-state index contributed by atoms with van der Waals surface area (Å²) in [4.78, 5) is 0. The van der Waals surface area contributed by atoms with E-state index in [1.165, 1.54) is 31.4 Å². The van der Waals surface area contributed by atoms with Gasteiger partial charge in [-0.1, -0.05) is 6.92 Å². The van der Waals surface area contributed by atoms with Gasteiger partial charge in [-0.05, 0) is 44.6 Å². The Morgan fingerprint density at radius 1 is 1.38 bits per heavy atom. The summed E-state index contributed by atoms with van der Waals surface area (Å²) in [6.07, 6.45) is 7.34. The molecule has 1 aromatic heterocycles. The van der Waals surface area contributed by atoms with E-state index in [9.17, 15) is 0 Å². The van der Waals surface area contributed by atoms with Gasteiger partial charge in [-0.15, -0.1) is 0 Å². The van der Waals surface area contributed by atoms with E-state index in [1.807, 2.05) is 6.20 Å². The van der Waals surface area contributed by atoms with Gasteiger partial charge in [0.1, 0.15) is 0 Å². The second-order valence-electron chi connectivity index (χ2n) is 5.11. The van der Waals surface area contributed by atoms with Gasteiger partial charge in [-0.2, -0.15) is 5.10 Å². The Labute approximate surface area is 98.2 Å². The van der Waals surface area contributed by atoms with Crippen LogP contribution in [-0.2, 0) is 6.54 Å². The van der Waals surface area contributed by atoms with Crippen LogP contribution in [0.5, 0.6) is 0 Å². The molecule has 0 saturated heterocycles. The maximum Gasteiger partial charge on any atom is 0.0537 e. The van der Waals surface area contributed by atoms with Crippen LogP contribution < -0.4 is 5.32 Å². The minimum atomic E-state index is 0.743. The van der Waals surface area contributed by atoms with Crippen molar-refractivity contribution in [3.63, 3.8) is 0 Å². The first-order valence-electron chi connectivity index (χ1n) is 6.47. The van der Waals surface area contributed by atoms with Crippen molar-refractivity contribution >= 4 is 0 Å². The normalized spacial score (nSPS) is 25.9.